The Morgan fingerprint density at radius 3 is 1.53 bits per heavy atom. The first-order valence-corrected chi connectivity index (χ1v) is 10.8. The fourth-order valence-corrected chi connectivity index (χ4v) is 5.01. The monoisotopic (exact) mass is 443 g/mol. The minimum Gasteiger partial charge on any atom is -0.384 e. The van der Waals surface area contributed by atoms with Gasteiger partial charge >= 0.3 is 0 Å². The Hall–Kier alpha value is -1.91. The number of benzene rings is 3. The lowest BCUT2D eigenvalue weighted by Crippen LogP contribution is -2.55. The van der Waals surface area contributed by atoms with Gasteiger partial charge in [-0.05, 0) is 53.1 Å². The average molecular weight is 444 g/mol. The van der Waals surface area contributed by atoms with E-state index in [4.69, 9.17) is 23.2 Å². The second-order valence-corrected chi connectivity index (χ2v) is 9.01. The molecule has 0 aromatic heterocycles. The second kappa shape index (κ2) is 8.32. The highest BCUT2D eigenvalue weighted by molar-refractivity contribution is 6.30. The fourth-order valence-electron chi connectivity index (χ4n) is 4.76. The van der Waals surface area contributed by atoms with E-state index in [-0.39, 0.29) is 29.7 Å². The van der Waals surface area contributed by atoms with Crippen molar-refractivity contribution >= 4 is 23.2 Å². The molecule has 30 heavy (non-hydrogen) atoms. The first kappa shape index (κ1) is 21.3. The predicted octanol–water partition coefficient (Wildman–Crippen LogP) is 6.68. The third kappa shape index (κ3) is 3.76. The van der Waals surface area contributed by atoms with Crippen LogP contribution in [0.1, 0.15) is 42.6 Å². The molecule has 2 N–H and O–H groups in total. The van der Waals surface area contributed by atoms with Crippen molar-refractivity contribution < 1.29 is 9.50 Å². The van der Waals surface area contributed by atoms with Crippen LogP contribution in [-0.4, -0.2) is 5.11 Å². The summed E-state index contributed by atoms with van der Waals surface area (Å²) >= 11 is 12.2. The van der Waals surface area contributed by atoms with E-state index in [2.05, 4.69) is 5.32 Å². The number of aliphatic hydroxyl groups is 1. The van der Waals surface area contributed by atoms with E-state index in [1.807, 2.05) is 62.4 Å². The van der Waals surface area contributed by atoms with E-state index in [1.54, 1.807) is 12.1 Å². The molecule has 1 fully saturated rings. The number of nitrogens with one attached hydrogen (secondary N) is 1. The van der Waals surface area contributed by atoms with Crippen LogP contribution >= 0.6 is 23.2 Å². The molecule has 1 aliphatic heterocycles. The van der Waals surface area contributed by atoms with Crippen molar-refractivity contribution in [2.45, 2.75) is 31.5 Å². The summed E-state index contributed by atoms with van der Waals surface area (Å²) in [6, 6.07) is 21.3. The van der Waals surface area contributed by atoms with Crippen LogP contribution in [0, 0.1) is 17.7 Å². The Morgan fingerprint density at radius 2 is 1.13 bits per heavy atom. The molecule has 0 radical (unpaired) electrons. The standard InChI is InChI=1S/C25H24Cl2FNO/c1-15-23(17-3-9-20(26)10-4-17)29-24(18-5-11-21(27)12-6-18)16(2)25(15,30)19-7-13-22(28)14-8-19/h3-16,23-24,29-30H,1-2H3/t15-,16-,23-,24-/m0/s1. The van der Waals surface area contributed by atoms with Gasteiger partial charge in [0.15, 0.2) is 0 Å². The van der Waals surface area contributed by atoms with Crippen LogP contribution in [0.2, 0.25) is 10.0 Å². The van der Waals surface area contributed by atoms with Crippen LogP contribution in [0.3, 0.4) is 0 Å². The van der Waals surface area contributed by atoms with Gasteiger partial charge in [-0.3, -0.25) is 0 Å². The highest BCUT2D eigenvalue weighted by Gasteiger charge is 2.52. The summed E-state index contributed by atoms with van der Waals surface area (Å²) < 4.78 is 13.6. The number of halogens is 3. The molecule has 1 aliphatic rings. The molecule has 156 valence electrons. The van der Waals surface area contributed by atoms with E-state index in [9.17, 15) is 9.50 Å². The zero-order valence-corrected chi connectivity index (χ0v) is 18.3. The first-order chi connectivity index (χ1) is 14.3. The molecule has 0 saturated carbocycles. The zero-order valence-electron chi connectivity index (χ0n) is 16.8. The highest BCUT2D eigenvalue weighted by atomic mass is 35.5. The van der Waals surface area contributed by atoms with Gasteiger partial charge in [0.05, 0.1) is 5.60 Å². The molecule has 4 rings (SSSR count). The molecule has 0 bridgehead atoms. The van der Waals surface area contributed by atoms with Crippen molar-refractivity contribution in [2.24, 2.45) is 11.8 Å². The Bertz CT molecular complexity index is 947. The molecule has 0 amide bonds. The first-order valence-electron chi connectivity index (χ1n) is 10.1. The summed E-state index contributed by atoms with van der Waals surface area (Å²) in [5.74, 6) is -0.675. The number of hydrogen-bond acceptors (Lipinski definition) is 2. The number of piperidine rings is 1. The number of hydrogen-bond donors (Lipinski definition) is 2. The minimum absolute atomic E-state index is 0.130. The Kier molecular flexibility index (Phi) is 5.91. The molecule has 2 nitrogen and oxygen atoms in total. The van der Waals surface area contributed by atoms with Crippen LogP contribution in [0.15, 0.2) is 72.8 Å². The molecule has 5 heteroatoms. The minimum atomic E-state index is -1.17. The molecule has 4 atom stereocenters. The van der Waals surface area contributed by atoms with Gasteiger partial charge in [-0.15, -0.1) is 0 Å². The molecule has 1 saturated heterocycles. The van der Waals surface area contributed by atoms with Crippen LogP contribution in [0.5, 0.6) is 0 Å². The van der Waals surface area contributed by atoms with Crippen molar-refractivity contribution in [3.05, 3.63) is 105 Å². The lowest BCUT2D eigenvalue weighted by Gasteiger charge is -2.52. The average Bonchev–Trinajstić information content (AvgIpc) is 2.74. The van der Waals surface area contributed by atoms with Crippen molar-refractivity contribution in [3.63, 3.8) is 0 Å². The third-order valence-corrected chi connectivity index (χ3v) is 7.02. The van der Waals surface area contributed by atoms with Gasteiger partial charge in [-0.2, -0.15) is 0 Å². The molecular weight excluding hydrogens is 420 g/mol. The largest absolute Gasteiger partial charge is 0.384 e. The maximum absolute atomic E-state index is 13.6. The molecule has 3 aromatic rings. The Balaban J connectivity index is 1.83. The van der Waals surface area contributed by atoms with Gasteiger partial charge in [-0.1, -0.05) is 73.4 Å². The summed E-state index contributed by atoms with van der Waals surface area (Å²) in [6.07, 6.45) is 0. The molecule has 3 aromatic carbocycles. The van der Waals surface area contributed by atoms with Gasteiger partial charge in [0.1, 0.15) is 5.82 Å². The van der Waals surface area contributed by atoms with Crippen LogP contribution < -0.4 is 5.32 Å². The normalized spacial score (nSPS) is 29.0. The quantitative estimate of drug-likeness (QED) is 0.473. The molecule has 0 aliphatic carbocycles. The van der Waals surface area contributed by atoms with Gasteiger partial charge < -0.3 is 10.4 Å². The highest BCUT2D eigenvalue weighted by Crippen LogP contribution is 2.52. The summed E-state index contributed by atoms with van der Waals surface area (Å²) in [5, 5.41) is 17.2. The molecule has 1 heterocycles. The fraction of sp³-hybridized carbons (Fsp3) is 0.280. The number of rotatable bonds is 3. The Morgan fingerprint density at radius 1 is 0.733 bits per heavy atom. The lowest BCUT2D eigenvalue weighted by atomic mass is 9.63. The molecular formula is C25H24Cl2FNO. The van der Waals surface area contributed by atoms with E-state index >= 15 is 0 Å². The van der Waals surface area contributed by atoms with E-state index in [0.717, 1.165) is 11.1 Å². The maximum Gasteiger partial charge on any atom is 0.123 e. The lowest BCUT2D eigenvalue weighted by molar-refractivity contribution is -0.118. The summed E-state index contributed by atoms with van der Waals surface area (Å²) in [7, 11) is 0. The van der Waals surface area contributed by atoms with Gasteiger partial charge in [0, 0.05) is 34.0 Å². The molecule has 0 spiro atoms. The Labute approximate surface area is 186 Å². The van der Waals surface area contributed by atoms with Crippen LogP contribution in [0.4, 0.5) is 4.39 Å². The van der Waals surface area contributed by atoms with Gasteiger partial charge in [-0.25, -0.2) is 4.39 Å². The summed E-state index contributed by atoms with van der Waals surface area (Å²) in [6.45, 7) is 4.06. The van der Waals surface area contributed by atoms with Crippen molar-refractivity contribution in [1.82, 2.24) is 5.32 Å². The zero-order chi connectivity index (χ0) is 21.5. The topological polar surface area (TPSA) is 32.3 Å². The molecule has 0 unspecified atom stereocenters. The van der Waals surface area contributed by atoms with Gasteiger partial charge in [0.2, 0.25) is 0 Å². The summed E-state index contributed by atoms with van der Waals surface area (Å²) in [5.41, 5.74) is 1.62. The maximum atomic E-state index is 13.6. The SMILES string of the molecule is C[C@H]1[C@@H](c2ccc(Cl)cc2)N[C@H](c2ccc(Cl)cc2)[C@H](C)C1(O)c1ccc(F)cc1. The van der Waals surface area contributed by atoms with E-state index in [1.165, 1.54) is 12.1 Å². The van der Waals surface area contributed by atoms with Crippen LogP contribution in [0.25, 0.3) is 0 Å². The third-order valence-electron chi connectivity index (χ3n) is 6.51. The second-order valence-electron chi connectivity index (χ2n) is 8.13. The predicted molar refractivity (Wildman–Crippen MR) is 120 cm³/mol. The van der Waals surface area contributed by atoms with Crippen LogP contribution in [-0.2, 0) is 5.60 Å². The van der Waals surface area contributed by atoms with Crippen molar-refractivity contribution in [1.29, 1.82) is 0 Å². The van der Waals surface area contributed by atoms with E-state index in [0.29, 0.717) is 15.6 Å². The summed E-state index contributed by atoms with van der Waals surface area (Å²) in [4.78, 5) is 0. The van der Waals surface area contributed by atoms with Gasteiger partial charge in [0.25, 0.3) is 0 Å². The van der Waals surface area contributed by atoms with E-state index < -0.39 is 5.60 Å². The smallest absolute Gasteiger partial charge is 0.123 e. The van der Waals surface area contributed by atoms with Crippen molar-refractivity contribution in [2.75, 3.05) is 0 Å². The van der Waals surface area contributed by atoms with Crippen molar-refractivity contribution in [3.8, 4) is 0 Å².